The highest BCUT2D eigenvalue weighted by molar-refractivity contribution is 7.10. The molecule has 2 aliphatic heterocycles. The minimum absolute atomic E-state index is 0.208. The van der Waals surface area contributed by atoms with Gasteiger partial charge in [-0.05, 0) is 36.1 Å². The second-order valence-corrected chi connectivity index (χ2v) is 5.61. The van der Waals surface area contributed by atoms with Crippen LogP contribution in [0.15, 0.2) is 16.4 Å². The summed E-state index contributed by atoms with van der Waals surface area (Å²) in [5.74, 6) is 0. The van der Waals surface area contributed by atoms with Crippen molar-refractivity contribution in [2.75, 3.05) is 26.7 Å². The lowest BCUT2D eigenvalue weighted by molar-refractivity contribution is 0.0449. The number of hydrogen-bond donors (Lipinski definition) is 1. The lowest BCUT2D eigenvalue weighted by Gasteiger charge is -2.25. The largest absolute Gasteiger partial charge is 0.372 e. The number of nitrogens with one attached hydrogen (secondary N) is 1. The molecule has 0 saturated carbocycles. The molecule has 1 atom stereocenters. The van der Waals surface area contributed by atoms with E-state index in [0.717, 1.165) is 32.5 Å². The van der Waals surface area contributed by atoms with E-state index < -0.39 is 0 Å². The Balaban J connectivity index is 1.98. The van der Waals surface area contributed by atoms with E-state index in [4.69, 9.17) is 4.74 Å². The molecule has 1 unspecified atom stereocenters. The maximum atomic E-state index is 5.92. The summed E-state index contributed by atoms with van der Waals surface area (Å²) in [6.07, 6.45) is 6.39. The molecule has 0 bridgehead atoms. The lowest BCUT2D eigenvalue weighted by Crippen LogP contribution is -2.25. The Morgan fingerprint density at radius 2 is 2.44 bits per heavy atom. The molecule has 18 heavy (non-hydrogen) atoms. The van der Waals surface area contributed by atoms with Gasteiger partial charge in [-0.3, -0.25) is 4.99 Å². The highest BCUT2D eigenvalue weighted by Crippen LogP contribution is 2.39. The fourth-order valence-corrected chi connectivity index (χ4v) is 3.74. The molecule has 1 aromatic rings. The number of aliphatic imine (C=N–C) groups is 1. The number of rotatable bonds is 3. The van der Waals surface area contributed by atoms with Gasteiger partial charge in [-0.2, -0.15) is 0 Å². The zero-order valence-corrected chi connectivity index (χ0v) is 11.4. The maximum absolute atomic E-state index is 5.92. The normalized spacial score (nSPS) is 22.7. The molecular formula is C14H18N2OS. The molecule has 3 nitrogen and oxygen atoms in total. The van der Waals surface area contributed by atoms with Crippen LogP contribution >= 0.6 is 11.3 Å². The summed E-state index contributed by atoms with van der Waals surface area (Å²) in [5.41, 5.74) is 4.22. The summed E-state index contributed by atoms with van der Waals surface area (Å²) in [4.78, 5) is 5.76. The Labute approximate surface area is 112 Å². The molecule has 0 aromatic carbocycles. The average molecular weight is 262 g/mol. The third-order valence-electron chi connectivity index (χ3n) is 3.51. The monoisotopic (exact) mass is 262 g/mol. The Kier molecular flexibility index (Phi) is 3.59. The van der Waals surface area contributed by atoms with Gasteiger partial charge in [-0.1, -0.05) is 0 Å². The van der Waals surface area contributed by atoms with Crippen LogP contribution in [0, 0.1) is 0 Å². The van der Waals surface area contributed by atoms with Gasteiger partial charge in [-0.15, -0.1) is 11.3 Å². The summed E-state index contributed by atoms with van der Waals surface area (Å²) in [7, 11) is 1.98. The molecule has 2 aliphatic rings. The van der Waals surface area contributed by atoms with E-state index in [1.54, 1.807) is 0 Å². The smallest absolute Gasteiger partial charge is 0.0965 e. The number of likely N-dealkylation sites (N-methyl/N-ethyl adjacent to an activating group) is 1. The van der Waals surface area contributed by atoms with Crippen molar-refractivity contribution in [1.29, 1.82) is 0 Å². The number of hydrogen-bond acceptors (Lipinski definition) is 4. The van der Waals surface area contributed by atoms with Gasteiger partial charge in [0.2, 0.25) is 0 Å². The predicted molar refractivity (Wildman–Crippen MR) is 76.6 cm³/mol. The Bertz CT molecular complexity index is 490. The van der Waals surface area contributed by atoms with E-state index in [0.29, 0.717) is 0 Å². The summed E-state index contributed by atoms with van der Waals surface area (Å²) in [6, 6.07) is 0. The van der Waals surface area contributed by atoms with Crippen molar-refractivity contribution < 1.29 is 4.74 Å². The minimum atomic E-state index is 0.208. The van der Waals surface area contributed by atoms with Gasteiger partial charge in [0.05, 0.1) is 12.7 Å². The number of dihydropyridines is 1. The fourth-order valence-electron chi connectivity index (χ4n) is 2.64. The zero-order valence-electron chi connectivity index (χ0n) is 10.6. The van der Waals surface area contributed by atoms with Crippen LogP contribution in [0.25, 0.3) is 5.57 Å². The van der Waals surface area contributed by atoms with Gasteiger partial charge in [-0.25, -0.2) is 0 Å². The van der Waals surface area contributed by atoms with Gasteiger partial charge in [0.15, 0.2) is 0 Å². The van der Waals surface area contributed by atoms with E-state index in [2.05, 4.69) is 21.8 Å². The lowest BCUT2D eigenvalue weighted by atomic mass is 9.94. The second kappa shape index (κ2) is 5.34. The average Bonchev–Trinajstić information content (AvgIpc) is 2.85. The third kappa shape index (κ3) is 2.16. The predicted octanol–water partition coefficient (Wildman–Crippen LogP) is 2.44. The van der Waals surface area contributed by atoms with Crippen LogP contribution in [0.3, 0.4) is 0 Å². The molecule has 96 valence electrons. The van der Waals surface area contributed by atoms with Crippen molar-refractivity contribution in [3.63, 3.8) is 0 Å². The molecule has 0 aliphatic carbocycles. The van der Waals surface area contributed by atoms with Gasteiger partial charge >= 0.3 is 0 Å². The number of thiophene rings is 1. The maximum Gasteiger partial charge on any atom is 0.0965 e. The van der Waals surface area contributed by atoms with E-state index in [9.17, 15) is 0 Å². The van der Waals surface area contributed by atoms with E-state index >= 15 is 0 Å². The molecule has 4 heteroatoms. The van der Waals surface area contributed by atoms with Crippen molar-refractivity contribution >= 4 is 23.1 Å². The van der Waals surface area contributed by atoms with Gasteiger partial charge in [0, 0.05) is 36.2 Å². The fraction of sp³-hybridized carbons (Fsp3) is 0.500. The molecule has 0 fully saturated rings. The van der Waals surface area contributed by atoms with Gasteiger partial charge in [0.25, 0.3) is 0 Å². The van der Waals surface area contributed by atoms with Crippen molar-refractivity contribution in [3.8, 4) is 0 Å². The van der Waals surface area contributed by atoms with E-state index in [-0.39, 0.29) is 6.10 Å². The van der Waals surface area contributed by atoms with E-state index in [1.807, 2.05) is 24.6 Å². The summed E-state index contributed by atoms with van der Waals surface area (Å²) in [5, 5.41) is 5.53. The molecule has 3 rings (SSSR count). The van der Waals surface area contributed by atoms with Crippen LogP contribution in [0.5, 0.6) is 0 Å². The minimum Gasteiger partial charge on any atom is -0.372 e. The third-order valence-corrected chi connectivity index (χ3v) is 4.57. The molecule has 3 heterocycles. The van der Waals surface area contributed by atoms with Crippen LogP contribution in [-0.2, 0) is 11.2 Å². The Morgan fingerprint density at radius 1 is 1.50 bits per heavy atom. The zero-order chi connectivity index (χ0) is 12.4. The summed E-state index contributed by atoms with van der Waals surface area (Å²) in [6.45, 7) is 2.64. The standard InChI is InChI=1S/C14H18N2OS/c1-15-8-12-14-11(10-2-5-16-6-3-10)9-18-13(14)4-7-17-12/h2,5,9,12,15H,3-4,6-8H2,1H3. The molecule has 1 aromatic heterocycles. The van der Waals surface area contributed by atoms with Crippen molar-refractivity contribution in [2.45, 2.75) is 18.9 Å². The molecule has 0 radical (unpaired) electrons. The Hall–Kier alpha value is -0.970. The van der Waals surface area contributed by atoms with Crippen LogP contribution in [-0.4, -0.2) is 33.0 Å². The summed E-state index contributed by atoms with van der Waals surface area (Å²) >= 11 is 1.88. The number of allylic oxidation sites excluding steroid dienone is 1. The molecular weight excluding hydrogens is 244 g/mol. The van der Waals surface area contributed by atoms with Crippen LogP contribution in [0.4, 0.5) is 0 Å². The first kappa shape index (κ1) is 12.1. The second-order valence-electron chi connectivity index (χ2n) is 4.65. The number of nitrogens with zero attached hydrogens (tertiary/aromatic N) is 1. The summed E-state index contributed by atoms with van der Waals surface area (Å²) < 4.78 is 5.92. The van der Waals surface area contributed by atoms with Crippen molar-refractivity contribution in [1.82, 2.24) is 5.32 Å². The first-order chi connectivity index (χ1) is 8.90. The van der Waals surface area contributed by atoms with Gasteiger partial charge in [0.1, 0.15) is 0 Å². The SMILES string of the molecule is CNCC1OCCc2scc(C3=CC=NCC3)c21. The van der Waals surface area contributed by atoms with E-state index in [1.165, 1.54) is 21.6 Å². The first-order valence-corrected chi connectivity index (χ1v) is 7.34. The molecule has 1 N–H and O–H groups in total. The first-order valence-electron chi connectivity index (χ1n) is 6.46. The van der Waals surface area contributed by atoms with Crippen molar-refractivity contribution in [3.05, 3.63) is 27.5 Å². The Morgan fingerprint density at radius 3 is 3.22 bits per heavy atom. The van der Waals surface area contributed by atoms with Crippen LogP contribution in [0.1, 0.15) is 28.5 Å². The number of fused-ring (bicyclic) bond motifs is 1. The molecule has 0 saturated heterocycles. The molecule has 0 amide bonds. The highest BCUT2D eigenvalue weighted by atomic mass is 32.1. The van der Waals surface area contributed by atoms with Crippen LogP contribution < -0.4 is 5.32 Å². The van der Waals surface area contributed by atoms with Gasteiger partial charge < -0.3 is 10.1 Å². The quantitative estimate of drug-likeness (QED) is 0.907. The topological polar surface area (TPSA) is 33.6 Å². The van der Waals surface area contributed by atoms with Crippen LogP contribution in [0.2, 0.25) is 0 Å². The molecule has 0 spiro atoms. The number of ether oxygens (including phenoxy) is 1. The highest BCUT2D eigenvalue weighted by Gasteiger charge is 2.26. The van der Waals surface area contributed by atoms with Crippen molar-refractivity contribution in [2.24, 2.45) is 4.99 Å².